The summed E-state index contributed by atoms with van der Waals surface area (Å²) in [4.78, 5) is 0. The molecule has 13 heavy (non-hydrogen) atoms. The highest BCUT2D eigenvalue weighted by Gasteiger charge is 2.08. The standard InChI is InChI=1S/C11H22OSi/c1-10(2)9-11(12)7-6-8-13(3,4)5/h10-12H,7,9H2,1-5H3/t11-/m0/s1. The number of hydrogen-bond acceptors (Lipinski definition) is 1. The SMILES string of the molecule is CC(C)C[C@@H](O)CC#C[Si](C)(C)C. The van der Waals surface area contributed by atoms with Crippen LogP contribution in [0.1, 0.15) is 26.7 Å². The molecule has 0 rings (SSSR count). The summed E-state index contributed by atoms with van der Waals surface area (Å²) < 4.78 is 0. The first-order valence-corrected chi connectivity index (χ1v) is 8.49. The average molecular weight is 198 g/mol. The Morgan fingerprint density at radius 2 is 1.77 bits per heavy atom. The molecule has 76 valence electrons. The predicted molar refractivity (Wildman–Crippen MR) is 61.2 cm³/mol. The largest absolute Gasteiger partial charge is 0.392 e. The third kappa shape index (κ3) is 9.65. The van der Waals surface area contributed by atoms with Crippen LogP contribution in [0.15, 0.2) is 0 Å². The van der Waals surface area contributed by atoms with Crippen LogP contribution in [0.4, 0.5) is 0 Å². The van der Waals surface area contributed by atoms with E-state index < -0.39 is 8.07 Å². The molecule has 0 saturated heterocycles. The van der Waals surface area contributed by atoms with Gasteiger partial charge >= 0.3 is 0 Å². The Kier molecular flexibility index (Phi) is 5.35. The number of aliphatic hydroxyl groups excluding tert-OH is 1. The van der Waals surface area contributed by atoms with Gasteiger partial charge in [0.15, 0.2) is 0 Å². The second-order valence-corrected chi connectivity index (χ2v) is 9.79. The minimum Gasteiger partial charge on any atom is -0.392 e. The fraction of sp³-hybridized carbons (Fsp3) is 0.818. The Labute approximate surface area is 83.6 Å². The summed E-state index contributed by atoms with van der Waals surface area (Å²) in [5.41, 5.74) is 3.25. The van der Waals surface area contributed by atoms with Crippen LogP contribution in [0.25, 0.3) is 0 Å². The zero-order valence-corrected chi connectivity index (χ0v) is 10.5. The van der Waals surface area contributed by atoms with Crippen LogP contribution in [0.3, 0.4) is 0 Å². The van der Waals surface area contributed by atoms with Gasteiger partial charge in [0.05, 0.1) is 6.10 Å². The summed E-state index contributed by atoms with van der Waals surface area (Å²) in [6, 6.07) is 0. The minimum atomic E-state index is -1.24. The van der Waals surface area contributed by atoms with Gasteiger partial charge in [0.1, 0.15) is 8.07 Å². The molecule has 0 heterocycles. The molecule has 0 aliphatic carbocycles. The highest BCUT2D eigenvalue weighted by atomic mass is 28.3. The molecule has 0 spiro atoms. The van der Waals surface area contributed by atoms with E-state index in [9.17, 15) is 5.11 Å². The van der Waals surface area contributed by atoms with E-state index in [-0.39, 0.29) is 6.10 Å². The molecule has 1 N–H and O–H groups in total. The van der Waals surface area contributed by atoms with E-state index in [0.29, 0.717) is 12.3 Å². The van der Waals surface area contributed by atoms with E-state index in [0.717, 1.165) is 6.42 Å². The first-order chi connectivity index (χ1) is 5.81. The Hall–Kier alpha value is -0.263. The van der Waals surface area contributed by atoms with Gasteiger partial charge in [-0.05, 0) is 12.3 Å². The average Bonchev–Trinajstić information content (AvgIpc) is 1.81. The van der Waals surface area contributed by atoms with Crippen molar-refractivity contribution < 1.29 is 5.11 Å². The lowest BCUT2D eigenvalue weighted by Crippen LogP contribution is -2.17. The van der Waals surface area contributed by atoms with E-state index in [2.05, 4.69) is 45.0 Å². The fourth-order valence-corrected chi connectivity index (χ4v) is 1.69. The Morgan fingerprint density at radius 1 is 1.23 bits per heavy atom. The lowest BCUT2D eigenvalue weighted by molar-refractivity contribution is 0.154. The normalized spacial score (nSPS) is 13.8. The van der Waals surface area contributed by atoms with Crippen molar-refractivity contribution in [1.82, 2.24) is 0 Å². The molecule has 0 saturated carbocycles. The Morgan fingerprint density at radius 3 is 2.15 bits per heavy atom. The van der Waals surface area contributed by atoms with Gasteiger partial charge in [0.25, 0.3) is 0 Å². The monoisotopic (exact) mass is 198 g/mol. The van der Waals surface area contributed by atoms with Crippen LogP contribution >= 0.6 is 0 Å². The number of aliphatic hydroxyl groups is 1. The highest BCUT2D eigenvalue weighted by Crippen LogP contribution is 2.07. The maximum absolute atomic E-state index is 9.53. The van der Waals surface area contributed by atoms with Crippen LogP contribution in [-0.2, 0) is 0 Å². The van der Waals surface area contributed by atoms with Gasteiger partial charge in [0, 0.05) is 6.42 Å². The summed E-state index contributed by atoms with van der Waals surface area (Å²) >= 11 is 0. The summed E-state index contributed by atoms with van der Waals surface area (Å²) in [6.45, 7) is 10.9. The molecule has 0 bridgehead atoms. The van der Waals surface area contributed by atoms with E-state index in [4.69, 9.17) is 0 Å². The van der Waals surface area contributed by atoms with Crippen molar-refractivity contribution in [2.45, 2.75) is 52.4 Å². The maximum Gasteiger partial charge on any atom is 0.129 e. The van der Waals surface area contributed by atoms with Gasteiger partial charge < -0.3 is 5.11 Å². The first kappa shape index (κ1) is 12.7. The molecule has 0 aromatic rings. The molecule has 0 aliphatic heterocycles. The topological polar surface area (TPSA) is 20.2 Å². The van der Waals surface area contributed by atoms with Gasteiger partial charge in [0.2, 0.25) is 0 Å². The lowest BCUT2D eigenvalue weighted by atomic mass is 10.0. The molecule has 2 heteroatoms. The van der Waals surface area contributed by atoms with Gasteiger partial charge in [-0.1, -0.05) is 33.5 Å². The molecule has 1 nitrogen and oxygen atoms in total. The fourth-order valence-electron chi connectivity index (χ4n) is 1.06. The minimum absolute atomic E-state index is 0.233. The van der Waals surface area contributed by atoms with Crippen LogP contribution in [0.5, 0.6) is 0 Å². The molecule has 0 radical (unpaired) electrons. The number of hydrogen-bond donors (Lipinski definition) is 1. The maximum atomic E-state index is 9.53. The van der Waals surface area contributed by atoms with Crippen molar-refractivity contribution in [2.24, 2.45) is 5.92 Å². The summed E-state index contributed by atoms with van der Waals surface area (Å²) in [6.07, 6.45) is 1.27. The third-order valence-corrected chi connectivity index (χ3v) is 2.47. The molecule has 0 aromatic carbocycles. The summed E-state index contributed by atoms with van der Waals surface area (Å²) in [5, 5.41) is 9.53. The van der Waals surface area contributed by atoms with Crippen molar-refractivity contribution in [3.63, 3.8) is 0 Å². The molecule has 0 amide bonds. The summed E-state index contributed by atoms with van der Waals surface area (Å²) in [7, 11) is -1.24. The smallest absolute Gasteiger partial charge is 0.129 e. The van der Waals surface area contributed by atoms with Crippen molar-refractivity contribution >= 4 is 8.07 Å². The molecular weight excluding hydrogens is 176 g/mol. The lowest BCUT2D eigenvalue weighted by Gasteiger charge is -2.09. The van der Waals surface area contributed by atoms with Crippen LogP contribution in [0, 0.1) is 17.4 Å². The molecule has 0 fully saturated rings. The van der Waals surface area contributed by atoms with Gasteiger partial charge in [-0.15, -0.1) is 11.5 Å². The first-order valence-electron chi connectivity index (χ1n) is 4.99. The van der Waals surface area contributed by atoms with Crippen LogP contribution in [-0.4, -0.2) is 19.3 Å². The Balaban J connectivity index is 3.80. The second-order valence-electron chi connectivity index (χ2n) is 5.04. The van der Waals surface area contributed by atoms with Crippen molar-refractivity contribution in [1.29, 1.82) is 0 Å². The highest BCUT2D eigenvalue weighted by molar-refractivity contribution is 6.83. The van der Waals surface area contributed by atoms with E-state index in [1.54, 1.807) is 0 Å². The van der Waals surface area contributed by atoms with Crippen molar-refractivity contribution in [2.75, 3.05) is 0 Å². The molecular formula is C11H22OSi. The summed E-state index contributed by atoms with van der Waals surface area (Å²) in [5.74, 6) is 3.65. The second kappa shape index (κ2) is 5.46. The van der Waals surface area contributed by atoms with Crippen LogP contribution < -0.4 is 0 Å². The van der Waals surface area contributed by atoms with Gasteiger partial charge in [-0.3, -0.25) is 0 Å². The van der Waals surface area contributed by atoms with Gasteiger partial charge in [-0.25, -0.2) is 0 Å². The van der Waals surface area contributed by atoms with E-state index in [1.807, 2.05) is 0 Å². The Bertz CT molecular complexity index is 192. The van der Waals surface area contributed by atoms with E-state index in [1.165, 1.54) is 0 Å². The molecule has 0 aromatic heterocycles. The van der Waals surface area contributed by atoms with E-state index >= 15 is 0 Å². The molecule has 1 atom stereocenters. The molecule has 0 unspecified atom stereocenters. The zero-order valence-electron chi connectivity index (χ0n) is 9.52. The third-order valence-electron chi connectivity index (χ3n) is 1.54. The van der Waals surface area contributed by atoms with Crippen molar-refractivity contribution in [3.8, 4) is 11.5 Å². The van der Waals surface area contributed by atoms with Crippen LogP contribution in [0.2, 0.25) is 19.6 Å². The van der Waals surface area contributed by atoms with Gasteiger partial charge in [-0.2, -0.15) is 0 Å². The zero-order chi connectivity index (χ0) is 10.5. The quantitative estimate of drug-likeness (QED) is 0.546. The predicted octanol–water partition coefficient (Wildman–Crippen LogP) is 2.66. The molecule has 0 aliphatic rings. The number of rotatable bonds is 3. The van der Waals surface area contributed by atoms with Crippen molar-refractivity contribution in [3.05, 3.63) is 0 Å².